The zero-order valence-electron chi connectivity index (χ0n) is 64.1. The van der Waals surface area contributed by atoms with Crippen LogP contribution in [0.3, 0.4) is 0 Å². The van der Waals surface area contributed by atoms with Crippen LogP contribution in [-0.4, -0.2) is 235 Å². The van der Waals surface area contributed by atoms with Gasteiger partial charge < -0.3 is 98.7 Å². The molecule has 0 bridgehead atoms. The van der Waals surface area contributed by atoms with Gasteiger partial charge in [0, 0.05) is 42.6 Å². The van der Waals surface area contributed by atoms with Gasteiger partial charge in [-0.3, -0.25) is 15.0 Å². The van der Waals surface area contributed by atoms with E-state index in [4.69, 9.17) is 113 Å². The largest absolute Gasteiger partial charge is 0.459 e. The van der Waals surface area contributed by atoms with Crippen molar-refractivity contribution in [2.75, 3.05) is 72.4 Å². The topological polar surface area (TPSA) is 422 Å². The van der Waals surface area contributed by atoms with Crippen LogP contribution >= 0.6 is 34.8 Å². The molecule has 3 aliphatic heterocycles. The molecule has 3 heterocycles. The number of benzene rings is 8. The lowest BCUT2D eigenvalue weighted by Gasteiger charge is -2.44. The van der Waals surface area contributed by atoms with Crippen LogP contribution in [0.2, 0.25) is 0 Å². The van der Waals surface area contributed by atoms with Gasteiger partial charge in [-0.05, 0) is 72.8 Å². The fourth-order valence-electron chi connectivity index (χ4n) is 11.8. The molecule has 628 valence electrons. The zero-order chi connectivity index (χ0) is 84.9. The van der Waals surface area contributed by atoms with Crippen LogP contribution in [-0.2, 0) is 56.8 Å². The summed E-state index contributed by atoms with van der Waals surface area (Å²) >= 11 is 17.5. The summed E-state index contributed by atoms with van der Waals surface area (Å²) in [5, 5.41) is 59.6. The normalized spacial score (nSPS) is 22.5. The number of halogens is 3. The number of rotatable bonds is 31. The Labute approximate surface area is 695 Å². The number of hydrogen-bond donors (Lipinski definition) is 9. The number of carbonyl (C=O) groups is 8. The minimum absolute atomic E-state index is 0.0500. The molecule has 0 saturated carbocycles. The second-order valence-electron chi connectivity index (χ2n) is 26.5. The maximum absolute atomic E-state index is 13.2. The monoisotopic (exact) mass is 1690 g/mol. The van der Waals surface area contributed by atoms with Crippen molar-refractivity contribution in [3.63, 3.8) is 0 Å². The summed E-state index contributed by atoms with van der Waals surface area (Å²) in [6.07, 6.45) is -15.2. The highest BCUT2D eigenvalue weighted by Crippen LogP contribution is 2.37. The standard InChI is InChI=1S/C38H37NO9.C30H26Cl3NO8.C10H13NO2.C8H17NO6/c1-26-33(47-36(42)29-18-10-4-11-19-29)32(25-45-35(41)28-16-8-3-9-17-28)46-38(34(26)48-37(43)30-20-12-5-13-21-30)44-23-22-39-24-31(40)27-14-6-2-7-15-27;1-18-23(40-26(36)20-13-7-3-8-14-20)22(17-38-25(35)19-11-5-2-6-12-19)39-28(42-29(34)30(31,32)33)24(18)41-27(37)21-15-9-4-10-16-21;12-7-6-11-8-10(13)9-4-2-1-3-5-9;9-1-2-14-8-7(13)6(12)5(11)4(3-10)15-8/h2-21,26,32-34,38-39H,22-25H2,1H3;2-16,18,22-24,28,34H,17H2,1H3;1-5,11-12H,6-8H2;4-8,10-13H,1-3,9H2/t26-,32?,33+,34?,38+;18-,22?,23+,24?,28-;;4?,5-,6-,7?,8+/m00.0/s1. The van der Waals surface area contributed by atoms with E-state index in [9.17, 15) is 53.7 Å². The molecule has 0 spiro atoms. The molecule has 32 heteroatoms. The van der Waals surface area contributed by atoms with E-state index in [1.807, 2.05) is 24.3 Å². The Kier molecular flexibility index (Phi) is 38.4. The molecule has 118 heavy (non-hydrogen) atoms. The summed E-state index contributed by atoms with van der Waals surface area (Å²) in [5.41, 5.74) is 8.26. The van der Waals surface area contributed by atoms with Crippen molar-refractivity contribution in [2.24, 2.45) is 17.6 Å². The van der Waals surface area contributed by atoms with Crippen molar-refractivity contribution < 1.29 is 121 Å². The van der Waals surface area contributed by atoms with Crippen LogP contribution in [0.15, 0.2) is 243 Å². The second kappa shape index (κ2) is 48.6. The first-order valence-corrected chi connectivity index (χ1v) is 38.6. The number of ether oxygens (including phenoxy) is 12. The molecule has 8 aromatic rings. The summed E-state index contributed by atoms with van der Waals surface area (Å²) in [7, 11) is 0. The van der Waals surface area contributed by atoms with Crippen LogP contribution in [0.5, 0.6) is 0 Å². The summed E-state index contributed by atoms with van der Waals surface area (Å²) in [5.74, 6) is -6.16. The number of nitrogens with two attached hydrogens (primary N) is 1. The van der Waals surface area contributed by atoms with E-state index in [0.29, 0.717) is 39.9 Å². The van der Waals surface area contributed by atoms with E-state index in [2.05, 4.69) is 10.6 Å². The lowest BCUT2D eigenvalue weighted by atomic mass is 9.90. The second-order valence-corrected chi connectivity index (χ2v) is 28.8. The van der Waals surface area contributed by atoms with Gasteiger partial charge in [0.1, 0.15) is 62.0 Å². The molecule has 0 amide bonds. The number of hydrogen-bond acceptors (Lipinski definition) is 29. The third kappa shape index (κ3) is 28.8. The molecule has 3 aliphatic rings. The Bertz CT molecular complexity index is 4400. The fourth-order valence-corrected chi connectivity index (χ4v) is 12.0. The number of carbonyl (C=O) groups excluding carboxylic acids is 8. The molecule has 10 N–H and O–H groups in total. The first-order chi connectivity index (χ1) is 56.9. The van der Waals surface area contributed by atoms with E-state index in [0.717, 1.165) is 0 Å². The summed E-state index contributed by atoms with van der Waals surface area (Å²) in [6, 6.07) is 68.1. The first kappa shape index (κ1) is 93.2. The van der Waals surface area contributed by atoms with Gasteiger partial charge in [0.05, 0.1) is 72.9 Å². The highest BCUT2D eigenvalue weighted by atomic mass is 35.6. The van der Waals surface area contributed by atoms with Crippen LogP contribution in [0.25, 0.3) is 0 Å². The van der Waals surface area contributed by atoms with Crippen molar-refractivity contribution in [3.05, 3.63) is 287 Å². The van der Waals surface area contributed by atoms with Crippen LogP contribution in [0, 0.1) is 17.2 Å². The first-order valence-electron chi connectivity index (χ1n) is 37.4. The fraction of sp³-hybridized carbons (Fsp3) is 0.337. The summed E-state index contributed by atoms with van der Waals surface area (Å²) in [4.78, 5) is 102. The lowest BCUT2D eigenvalue weighted by molar-refractivity contribution is -0.300. The zero-order valence-corrected chi connectivity index (χ0v) is 66.4. The number of nitrogens with one attached hydrogen (secondary N) is 3. The minimum atomic E-state index is -2.26. The van der Waals surface area contributed by atoms with Crippen LogP contribution < -0.4 is 16.4 Å². The number of esters is 6. The van der Waals surface area contributed by atoms with Crippen molar-refractivity contribution in [1.29, 1.82) is 5.41 Å². The number of ketones is 2. The molecular formula is C86H93Cl3N4O25. The maximum Gasteiger partial charge on any atom is 0.338 e. The van der Waals surface area contributed by atoms with E-state index in [1.165, 1.54) is 0 Å². The molecule has 11 rings (SSSR count). The molecule has 0 aliphatic carbocycles. The molecule has 3 fully saturated rings. The van der Waals surface area contributed by atoms with Gasteiger partial charge in [0.2, 0.25) is 12.2 Å². The number of aliphatic hydroxyl groups excluding tert-OH is 5. The molecule has 0 aromatic heterocycles. The minimum Gasteiger partial charge on any atom is -0.459 e. The SMILES string of the molecule is C[C@@H]1C(OC(=O)c2ccccc2)[C@H](OC(=N)C(Cl)(Cl)Cl)OC(COC(=O)c2ccccc2)[C@@H]1OC(=O)c1ccccc1.C[C@@H]1C(OC(=O)c2ccccc2)[C@H](OCCNCC(=O)c2ccccc2)OC(COC(=O)c2ccccc2)[C@@H]1OC(=O)c1ccccc1.NCCO[C@@H]1OC(CO)[C@H](O)[C@H](O)C1O.O=C(CNCCO)c1ccccc1. The quantitative estimate of drug-likeness (QED) is 0.00374. The number of alkyl halides is 3. The summed E-state index contributed by atoms with van der Waals surface area (Å²) in [6.45, 7) is 3.94. The highest BCUT2D eigenvalue weighted by molar-refractivity contribution is 6.76. The third-order valence-electron chi connectivity index (χ3n) is 18.1. The van der Waals surface area contributed by atoms with Crippen LogP contribution in [0.4, 0.5) is 0 Å². The molecule has 15 atom stereocenters. The smallest absolute Gasteiger partial charge is 0.338 e. The molecule has 29 nitrogen and oxygen atoms in total. The average Bonchev–Trinajstić information content (AvgIpc) is 0.785. The highest BCUT2D eigenvalue weighted by Gasteiger charge is 2.52. The predicted octanol–water partition coefficient (Wildman–Crippen LogP) is 8.38. The predicted molar refractivity (Wildman–Crippen MR) is 430 cm³/mol. The van der Waals surface area contributed by atoms with Crippen molar-refractivity contribution in [1.82, 2.24) is 10.6 Å². The maximum atomic E-state index is 13.2. The van der Waals surface area contributed by atoms with Gasteiger partial charge in [-0.25, -0.2) is 28.8 Å². The molecule has 8 aromatic carbocycles. The van der Waals surface area contributed by atoms with Gasteiger partial charge >= 0.3 is 35.8 Å². The number of aliphatic hydroxyl groups is 5. The van der Waals surface area contributed by atoms with Gasteiger partial charge in [0.25, 0.3) is 3.79 Å². The van der Waals surface area contributed by atoms with Crippen molar-refractivity contribution >= 4 is 88.1 Å². The Morgan fingerprint density at radius 2 is 0.695 bits per heavy atom. The average molecular weight is 1690 g/mol. The van der Waals surface area contributed by atoms with Crippen LogP contribution in [0.1, 0.15) is 96.7 Å². The Morgan fingerprint density at radius 3 is 1.03 bits per heavy atom. The Morgan fingerprint density at radius 1 is 0.390 bits per heavy atom. The van der Waals surface area contributed by atoms with Crippen molar-refractivity contribution in [2.45, 2.75) is 97.5 Å². The molecule has 0 radical (unpaired) electrons. The van der Waals surface area contributed by atoms with E-state index in [1.54, 1.807) is 232 Å². The van der Waals surface area contributed by atoms with Gasteiger partial charge in [-0.2, -0.15) is 0 Å². The Hall–Kier alpha value is -10.3. The van der Waals surface area contributed by atoms with Gasteiger partial charge in [-0.15, -0.1) is 0 Å². The summed E-state index contributed by atoms with van der Waals surface area (Å²) < 4.78 is 66.4. The Balaban J connectivity index is 0.000000223. The van der Waals surface area contributed by atoms with E-state index < -0.39 is 144 Å². The molecular weight excluding hydrogens is 1600 g/mol. The van der Waals surface area contributed by atoms with Gasteiger partial charge in [0.15, 0.2) is 36.4 Å². The van der Waals surface area contributed by atoms with Crippen molar-refractivity contribution in [3.8, 4) is 0 Å². The molecule has 3 saturated heterocycles. The van der Waals surface area contributed by atoms with Gasteiger partial charge in [-0.1, -0.05) is 219 Å². The third-order valence-corrected chi connectivity index (χ3v) is 18.6. The van der Waals surface area contributed by atoms with E-state index in [-0.39, 0.29) is 81.9 Å². The lowest BCUT2D eigenvalue weighted by Crippen LogP contribution is -2.59. The molecule has 6 unspecified atom stereocenters. The van der Waals surface area contributed by atoms with E-state index >= 15 is 0 Å². The number of Topliss-reactive ketones (excluding diaryl/α,β-unsaturated/α-hetero) is 2.